The van der Waals surface area contributed by atoms with Crippen LogP contribution in [-0.4, -0.2) is 0 Å². The maximum absolute atomic E-state index is 4.04. The molecule has 1 aliphatic rings. The Labute approximate surface area is 70.7 Å². The zero-order valence-corrected chi connectivity index (χ0v) is 8.11. The van der Waals surface area contributed by atoms with Crippen molar-refractivity contribution >= 4 is 0 Å². The maximum Gasteiger partial charge on any atom is -0.0206 e. The molecule has 0 N–H and O–H groups in total. The van der Waals surface area contributed by atoms with E-state index in [0.29, 0.717) is 5.41 Å². The highest BCUT2D eigenvalue weighted by atomic mass is 14.4. The zero-order chi connectivity index (χ0) is 8.48. The molecule has 0 aliphatic heterocycles. The van der Waals surface area contributed by atoms with Crippen molar-refractivity contribution < 1.29 is 0 Å². The number of hydrogen-bond acceptors (Lipinski definition) is 0. The van der Waals surface area contributed by atoms with Gasteiger partial charge in [-0.2, -0.15) is 0 Å². The molecule has 0 heterocycles. The van der Waals surface area contributed by atoms with E-state index in [1.807, 2.05) is 0 Å². The van der Waals surface area contributed by atoms with Crippen LogP contribution in [0.15, 0.2) is 12.2 Å². The average Bonchev–Trinajstić information content (AvgIpc) is 2.64. The molecule has 1 fully saturated rings. The molecule has 0 spiro atoms. The fourth-order valence-corrected chi connectivity index (χ4v) is 1.68. The van der Waals surface area contributed by atoms with Gasteiger partial charge in [0.25, 0.3) is 0 Å². The Morgan fingerprint density at radius 3 is 2.36 bits per heavy atom. The minimum absolute atomic E-state index is 0.694. The van der Waals surface area contributed by atoms with Crippen molar-refractivity contribution in [3.05, 3.63) is 12.2 Å². The molecule has 0 bridgehead atoms. The number of allylic oxidation sites excluding steroid dienone is 1. The summed E-state index contributed by atoms with van der Waals surface area (Å²) in [7, 11) is 0. The molecule has 1 unspecified atom stereocenters. The Morgan fingerprint density at radius 2 is 2.09 bits per heavy atom. The lowest BCUT2D eigenvalue weighted by Gasteiger charge is -2.18. The van der Waals surface area contributed by atoms with E-state index in [0.717, 1.165) is 5.92 Å². The van der Waals surface area contributed by atoms with E-state index in [4.69, 9.17) is 0 Å². The molecule has 0 radical (unpaired) electrons. The molecule has 11 heavy (non-hydrogen) atoms. The van der Waals surface area contributed by atoms with E-state index in [1.54, 1.807) is 0 Å². The smallest absolute Gasteiger partial charge is 0.0206 e. The fraction of sp³-hybridized carbons (Fsp3) is 0.818. The summed E-state index contributed by atoms with van der Waals surface area (Å²) in [5.74, 6) is 0.780. The molecule has 64 valence electrons. The largest absolute Gasteiger partial charge is 0.0999 e. The van der Waals surface area contributed by atoms with Crippen LogP contribution in [0.4, 0.5) is 0 Å². The Kier molecular flexibility index (Phi) is 2.41. The summed E-state index contributed by atoms with van der Waals surface area (Å²) in [4.78, 5) is 0. The van der Waals surface area contributed by atoms with Crippen LogP contribution in [0.1, 0.15) is 46.5 Å². The van der Waals surface area contributed by atoms with Gasteiger partial charge in [0.05, 0.1) is 0 Å². The molecule has 0 aromatic heterocycles. The Morgan fingerprint density at radius 1 is 1.55 bits per heavy atom. The lowest BCUT2D eigenvalue weighted by molar-refractivity contribution is 0.406. The van der Waals surface area contributed by atoms with Crippen LogP contribution in [0.25, 0.3) is 0 Å². The second kappa shape index (κ2) is 3.00. The van der Waals surface area contributed by atoms with Crippen LogP contribution in [0.2, 0.25) is 0 Å². The monoisotopic (exact) mass is 152 g/mol. The van der Waals surface area contributed by atoms with Gasteiger partial charge in [-0.15, -0.1) is 0 Å². The van der Waals surface area contributed by atoms with Crippen LogP contribution in [0, 0.1) is 11.3 Å². The van der Waals surface area contributed by atoms with Crippen molar-refractivity contribution in [2.24, 2.45) is 11.3 Å². The van der Waals surface area contributed by atoms with Crippen LogP contribution in [-0.2, 0) is 0 Å². The average molecular weight is 152 g/mol. The van der Waals surface area contributed by atoms with Gasteiger partial charge in [0.2, 0.25) is 0 Å². The standard InChI is InChI=1S/C11H20/c1-5-10(9(2)3)8-11(4)6-7-11/h10H,2,5-8H2,1,3-4H3. The minimum atomic E-state index is 0.694. The predicted octanol–water partition coefficient (Wildman–Crippen LogP) is 3.78. The van der Waals surface area contributed by atoms with Crippen molar-refractivity contribution in [2.75, 3.05) is 0 Å². The molecule has 1 atom stereocenters. The van der Waals surface area contributed by atoms with Crippen LogP contribution >= 0.6 is 0 Å². The van der Waals surface area contributed by atoms with E-state index in [2.05, 4.69) is 27.4 Å². The molecule has 0 amide bonds. The fourth-order valence-electron chi connectivity index (χ4n) is 1.68. The number of hydrogen-bond donors (Lipinski definition) is 0. The first-order valence-electron chi connectivity index (χ1n) is 4.73. The molecule has 0 nitrogen and oxygen atoms in total. The van der Waals surface area contributed by atoms with Crippen LogP contribution < -0.4 is 0 Å². The molecule has 0 heteroatoms. The summed E-state index contributed by atoms with van der Waals surface area (Å²) in [6.45, 7) is 10.9. The van der Waals surface area contributed by atoms with Gasteiger partial charge >= 0.3 is 0 Å². The quantitative estimate of drug-likeness (QED) is 0.538. The normalized spacial score (nSPS) is 22.8. The summed E-state index contributed by atoms with van der Waals surface area (Å²) < 4.78 is 0. The van der Waals surface area contributed by atoms with Gasteiger partial charge in [0, 0.05) is 0 Å². The lowest BCUT2D eigenvalue weighted by atomic mass is 9.87. The second-order valence-corrected chi connectivity index (χ2v) is 4.47. The molecular weight excluding hydrogens is 132 g/mol. The third-order valence-electron chi connectivity index (χ3n) is 3.03. The van der Waals surface area contributed by atoms with Crippen molar-refractivity contribution in [3.8, 4) is 0 Å². The van der Waals surface area contributed by atoms with Gasteiger partial charge in [-0.05, 0) is 43.9 Å². The van der Waals surface area contributed by atoms with Crippen LogP contribution in [0.5, 0.6) is 0 Å². The van der Waals surface area contributed by atoms with E-state index in [1.165, 1.54) is 31.3 Å². The molecule has 0 aromatic carbocycles. The number of rotatable bonds is 4. The summed E-state index contributed by atoms with van der Waals surface area (Å²) in [5, 5.41) is 0. The minimum Gasteiger partial charge on any atom is -0.0999 e. The highest BCUT2D eigenvalue weighted by Gasteiger charge is 2.38. The third-order valence-corrected chi connectivity index (χ3v) is 3.03. The van der Waals surface area contributed by atoms with Crippen molar-refractivity contribution in [1.82, 2.24) is 0 Å². The summed E-state index contributed by atoms with van der Waals surface area (Å²) in [6.07, 6.45) is 5.53. The van der Waals surface area contributed by atoms with Crippen LogP contribution in [0.3, 0.4) is 0 Å². The Hall–Kier alpha value is -0.260. The van der Waals surface area contributed by atoms with Crippen molar-refractivity contribution in [3.63, 3.8) is 0 Å². The van der Waals surface area contributed by atoms with Gasteiger partial charge in [-0.3, -0.25) is 0 Å². The summed E-state index contributed by atoms with van der Waals surface area (Å²) in [5.41, 5.74) is 2.07. The van der Waals surface area contributed by atoms with Gasteiger partial charge in [-0.25, -0.2) is 0 Å². The maximum atomic E-state index is 4.04. The highest BCUT2D eigenvalue weighted by molar-refractivity contribution is 5.01. The van der Waals surface area contributed by atoms with E-state index < -0.39 is 0 Å². The zero-order valence-electron chi connectivity index (χ0n) is 8.11. The molecular formula is C11H20. The SMILES string of the molecule is C=C(C)C(CC)CC1(C)CC1. The predicted molar refractivity (Wildman–Crippen MR) is 50.6 cm³/mol. The highest BCUT2D eigenvalue weighted by Crippen LogP contribution is 2.51. The Bertz CT molecular complexity index is 151. The molecule has 0 aromatic rings. The lowest BCUT2D eigenvalue weighted by Crippen LogP contribution is -2.06. The third kappa shape index (κ3) is 2.36. The molecule has 1 saturated carbocycles. The summed E-state index contributed by atoms with van der Waals surface area (Å²) in [6, 6.07) is 0. The van der Waals surface area contributed by atoms with Gasteiger partial charge in [0.15, 0.2) is 0 Å². The first-order valence-corrected chi connectivity index (χ1v) is 4.73. The van der Waals surface area contributed by atoms with E-state index >= 15 is 0 Å². The van der Waals surface area contributed by atoms with Crippen molar-refractivity contribution in [1.29, 1.82) is 0 Å². The van der Waals surface area contributed by atoms with Crippen molar-refractivity contribution in [2.45, 2.75) is 46.5 Å². The van der Waals surface area contributed by atoms with E-state index in [-0.39, 0.29) is 0 Å². The first kappa shape index (κ1) is 8.83. The van der Waals surface area contributed by atoms with Gasteiger partial charge in [0.1, 0.15) is 0 Å². The molecule has 1 aliphatic carbocycles. The topological polar surface area (TPSA) is 0 Å². The first-order chi connectivity index (χ1) is 5.07. The van der Waals surface area contributed by atoms with Gasteiger partial charge < -0.3 is 0 Å². The second-order valence-electron chi connectivity index (χ2n) is 4.47. The summed E-state index contributed by atoms with van der Waals surface area (Å²) >= 11 is 0. The Balaban J connectivity index is 2.37. The van der Waals surface area contributed by atoms with E-state index in [9.17, 15) is 0 Å². The molecule has 1 rings (SSSR count). The van der Waals surface area contributed by atoms with Gasteiger partial charge in [-0.1, -0.05) is 26.0 Å². The molecule has 0 saturated heterocycles.